The number of rotatable bonds is 2. The zero-order chi connectivity index (χ0) is 15.7. The third-order valence-corrected chi connectivity index (χ3v) is 2.38. The normalized spacial score (nSPS) is 12.3. The molecule has 1 aromatic heterocycles. The summed E-state index contributed by atoms with van der Waals surface area (Å²) in [5.41, 5.74) is -3.72. The fourth-order valence-electron chi connectivity index (χ4n) is 1.60. The lowest BCUT2D eigenvalue weighted by molar-refractivity contribution is -0.162. The molecule has 2 rings (SSSR count). The van der Waals surface area contributed by atoms with Gasteiger partial charge in [0.1, 0.15) is 11.3 Å². The van der Waals surface area contributed by atoms with E-state index in [9.17, 15) is 26.3 Å². The predicted octanol–water partition coefficient (Wildman–Crippen LogP) is 4.31. The van der Waals surface area contributed by atoms with Gasteiger partial charge in [-0.15, -0.1) is 5.10 Å². The molecule has 0 amide bonds. The van der Waals surface area contributed by atoms with Gasteiger partial charge in [0.25, 0.3) is 0 Å². The summed E-state index contributed by atoms with van der Waals surface area (Å²) in [7, 11) is 0. The van der Waals surface area contributed by atoms with Crippen molar-refractivity contribution in [1.29, 1.82) is 0 Å². The second-order valence-corrected chi connectivity index (χ2v) is 3.84. The number of benzene rings is 1. The summed E-state index contributed by atoms with van der Waals surface area (Å²) in [6.45, 7) is 0. The second-order valence-electron chi connectivity index (χ2n) is 3.84. The van der Waals surface area contributed by atoms with Gasteiger partial charge in [0.15, 0.2) is 0 Å². The highest BCUT2D eigenvalue weighted by atomic mass is 19.4. The maximum atomic E-state index is 12.9. The van der Waals surface area contributed by atoms with Crippen LogP contribution in [-0.2, 0) is 12.4 Å². The van der Waals surface area contributed by atoms with E-state index in [-0.39, 0.29) is 5.88 Å². The molecular formula is C12H6F6N2O. The minimum Gasteiger partial charge on any atom is -0.437 e. The molecular weight excluding hydrogens is 302 g/mol. The van der Waals surface area contributed by atoms with E-state index in [1.165, 1.54) is 18.3 Å². The number of halogens is 6. The largest absolute Gasteiger partial charge is 0.437 e. The third kappa shape index (κ3) is 3.41. The van der Waals surface area contributed by atoms with E-state index in [0.29, 0.717) is 6.07 Å². The molecule has 112 valence electrons. The van der Waals surface area contributed by atoms with Crippen LogP contribution in [-0.4, -0.2) is 10.2 Å². The molecule has 0 atom stereocenters. The SMILES string of the molecule is FC(F)(F)c1cccc(Oc2cccnn2)c1C(F)(F)F. The predicted molar refractivity (Wildman–Crippen MR) is 58.6 cm³/mol. The summed E-state index contributed by atoms with van der Waals surface area (Å²) in [5, 5.41) is 6.73. The summed E-state index contributed by atoms with van der Waals surface area (Å²) in [6.07, 6.45) is -9.15. The molecule has 0 aliphatic heterocycles. The molecule has 0 aliphatic carbocycles. The minimum absolute atomic E-state index is 0.340. The van der Waals surface area contributed by atoms with Gasteiger partial charge in [-0.05, 0) is 18.2 Å². The molecule has 3 nitrogen and oxygen atoms in total. The van der Waals surface area contributed by atoms with Crippen molar-refractivity contribution in [2.75, 3.05) is 0 Å². The minimum atomic E-state index is -5.23. The fourth-order valence-corrected chi connectivity index (χ4v) is 1.60. The highest BCUT2D eigenvalue weighted by Crippen LogP contribution is 2.45. The van der Waals surface area contributed by atoms with Crippen molar-refractivity contribution in [2.24, 2.45) is 0 Å². The van der Waals surface area contributed by atoms with Gasteiger partial charge >= 0.3 is 12.4 Å². The Hall–Kier alpha value is -2.32. The second kappa shape index (κ2) is 5.23. The maximum Gasteiger partial charge on any atom is 0.420 e. The fraction of sp³-hybridized carbons (Fsp3) is 0.167. The topological polar surface area (TPSA) is 35.0 Å². The monoisotopic (exact) mass is 308 g/mol. The smallest absolute Gasteiger partial charge is 0.420 e. The Morgan fingerprint density at radius 3 is 2.10 bits per heavy atom. The Morgan fingerprint density at radius 1 is 0.857 bits per heavy atom. The summed E-state index contributed by atoms with van der Waals surface area (Å²) in [6, 6.07) is 4.44. The molecule has 9 heteroatoms. The quantitative estimate of drug-likeness (QED) is 0.776. The van der Waals surface area contributed by atoms with Crippen molar-refractivity contribution < 1.29 is 31.1 Å². The van der Waals surface area contributed by atoms with Crippen molar-refractivity contribution in [2.45, 2.75) is 12.4 Å². The van der Waals surface area contributed by atoms with Gasteiger partial charge < -0.3 is 4.74 Å². The molecule has 0 bridgehead atoms. The number of nitrogens with zero attached hydrogens (tertiary/aromatic N) is 2. The highest BCUT2D eigenvalue weighted by molar-refractivity contribution is 5.45. The Kier molecular flexibility index (Phi) is 3.75. The van der Waals surface area contributed by atoms with Gasteiger partial charge in [-0.25, -0.2) is 0 Å². The van der Waals surface area contributed by atoms with Crippen molar-refractivity contribution in [3.8, 4) is 11.6 Å². The molecule has 0 saturated carbocycles. The van der Waals surface area contributed by atoms with E-state index in [0.717, 1.165) is 12.1 Å². The van der Waals surface area contributed by atoms with Gasteiger partial charge in [-0.1, -0.05) is 6.07 Å². The van der Waals surface area contributed by atoms with Crippen LogP contribution in [0.1, 0.15) is 11.1 Å². The lowest BCUT2D eigenvalue weighted by Crippen LogP contribution is -2.17. The van der Waals surface area contributed by atoms with Crippen LogP contribution < -0.4 is 4.74 Å². The molecule has 21 heavy (non-hydrogen) atoms. The zero-order valence-corrected chi connectivity index (χ0v) is 10.0. The van der Waals surface area contributed by atoms with E-state index in [1.54, 1.807) is 0 Å². The van der Waals surface area contributed by atoms with Crippen LogP contribution >= 0.6 is 0 Å². The van der Waals surface area contributed by atoms with Crippen LogP contribution in [0.15, 0.2) is 36.5 Å². The molecule has 2 aromatic rings. The molecule has 1 heterocycles. The maximum absolute atomic E-state index is 12.9. The average molecular weight is 308 g/mol. The number of aromatic nitrogens is 2. The first-order valence-electron chi connectivity index (χ1n) is 5.42. The van der Waals surface area contributed by atoms with Gasteiger partial charge in [-0.2, -0.15) is 31.4 Å². The molecule has 0 aliphatic rings. The summed E-state index contributed by atoms with van der Waals surface area (Å²) >= 11 is 0. The van der Waals surface area contributed by atoms with Crippen LogP contribution in [0.3, 0.4) is 0 Å². The standard InChI is InChI=1S/C12H6F6N2O/c13-11(14,15)7-3-1-4-8(10(7)12(16,17)18)21-9-5-2-6-19-20-9/h1-6H. The van der Waals surface area contributed by atoms with E-state index >= 15 is 0 Å². The number of hydrogen-bond donors (Lipinski definition) is 0. The van der Waals surface area contributed by atoms with Gasteiger partial charge in [0, 0.05) is 12.3 Å². The molecule has 0 saturated heterocycles. The number of ether oxygens (including phenoxy) is 1. The number of alkyl halides is 6. The first kappa shape index (κ1) is 15.1. The first-order valence-corrected chi connectivity index (χ1v) is 5.42. The molecule has 0 N–H and O–H groups in total. The van der Waals surface area contributed by atoms with E-state index in [2.05, 4.69) is 10.2 Å². The van der Waals surface area contributed by atoms with Gasteiger partial charge in [-0.3, -0.25) is 0 Å². The molecule has 0 spiro atoms. The molecule has 0 unspecified atom stereocenters. The average Bonchev–Trinajstić information content (AvgIpc) is 2.37. The zero-order valence-electron chi connectivity index (χ0n) is 10.0. The van der Waals surface area contributed by atoms with E-state index < -0.39 is 29.2 Å². The third-order valence-electron chi connectivity index (χ3n) is 2.38. The highest BCUT2D eigenvalue weighted by Gasteiger charge is 2.45. The van der Waals surface area contributed by atoms with Crippen molar-refractivity contribution in [3.05, 3.63) is 47.7 Å². The van der Waals surface area contributed by atoms with Gasteiger partial charge in [0.2, 0.25) is 5.88 Å². The van der Waals surface area contributed by atoms with E-state index in [1.807, 2.05) is 0 Å². The summed E-state index contributed by atoms with van der Waals surface area (Å²) in [4.78, 5) is 0. The van der Waals surface area contributed by atoms with Crippen molar-refractivity contribution in [3.63, 3.8) is 0 Å². The van der Waals surface area contributed by atoms with Crippen molar-refractivity contribution >= 4 is 0 Å². The number of hydrogen-bond acceptors (Lipinski definition) is 3. The summed E-state index contributed by atoms with van der Waals surface area (Å²) in [5.74, 6) is -1.33. The van der Waals surface area contributed by atoms with Crippen molar-refractivity contribution in [1.82, 2.24) is 10.2 Å². The molecule has 0 radical (unpaired) electrons. The van der Waals surface area contributed by atoms with Crippen LogP contribution in [0, 0.1) is 0 Å². The summed E-state index contributed by atoms with van der Waals surface area (Å²) < 4.78 is 81.7. The lowest BCUT2D eigenvalue weighted by Gasteiger charge is -2.18. The van der Waals surface area contributed by atoms with E-state index in [4.69, 9.17) is 4.74 Å². The van der Waals surface area contributed by atoms with Crippen LogP contribution in [0.25, 0.3) is 0 Å². The van der Waals surface area contributed by atoms with Crippen LogP contribution in [0.5, 0.6) is 11.6 Å². The van der Waals surface area contributed by atoms with Crippen LogP contribution in [0.2, 0.25) is 0 Å². The Bertz CT molecular complexity index is 624. The Morgan fingerprint density at radius 2 is 1.57 bits per heavy atom. The lowest BCUT2D eigenvalue weighted by atomic mass is 10.1. The Balaban J connectivity index is 2.56. The first-order chi connectivity index (χ1) is 9.69. The van der Waals surface area contributed by atoms with Crippen LogP contribution in [0.4, 0.5) is 26.3 Å². The molecule has 0 fully saturated rings. The van der Waals surface area contributed by atoms with Gasteiger partial charge in [0.05, 0.1) is 5.56 Å². The molecule has 1 aromatic carbocycles. The Labute approximate surface area is 114 Å².